The zero-order valence-corrected chi connectivity index (χ0v) is 12.8. The van der Waals surface area contributed by atoms with E-state index in [4.69, 9.17) is 16.0 Å². The lowest BCUT2D eigenvalue weighted by molar-refractivity contribution is 0.375. The van der Waals surface area contributed by atoms with Crippen LogP contribution < -0.4 is 0 Å². The number of sulfonamides is 1. The third kappa shape index (κ3) is 2.82. The Bertz CT molecular complexity index is 784. The Morgan fingerprint density at radius 2 is 2.14 bits per heavy atom. The maximum absolute atomic E-state index is 12.0. The second-order valence-corrected chi connectivity index (χ2v) is 7.11. The van der Waals surface area contributed by atoms with Crippen LogP contribution in [-0.2, 0) is 10.0 Å². The van der Waals surface area contributed by atoms with Crippen molar-refractivity contribution in [3.05, 3.63) is 59.0 Å². The Hall–Kier alpha value is -1.79. The van der Waals surface area contributed by atoms with Crippen LogP contribution in [-0.4, -0.2) is 24.8 Å². The monoisotopic (exact) mass is 324 g/mol. The van der Waals surface area contributed by atoms with E-state index in [0.29, 0.717) is 22.9 Å². The van der Waals surface area contributed by atoms with E-state index in [2.05, 4.69) is 5.10 Å². The Morgan fingerprint density at radius 1 is 1.33 bits per heavy atom. The summed E-state index contributed by atoms with van der Waals surface area (Å²) in [6.07, 6.45) is 3.12. The van der Waals surface area contributed by atoms with E-state index in [1.807, 2.05) is 6.07 Å². The number of benzene rings is 1. The average molecular weight is 325 g/mol. The Balaban J connectivity index is 2.02. The molecule has 0 radical (unpaired) electrons. The molecule has 0 amide bonds. The van der Waals surface area contributed by atoms with Crippen molar-refractivity contribution in [1.82, 2.24) is 4.41 Å². The molecule has 1 aliphatic rings. The van der Waals surface area contributed by atoms with Crippen LogP contribution in [0.4, 0.5) is 0 Å². The lowest BCUT2D eigenvalue weighted by Crippen LogP contribution is -2.25. The molecule has 0 unspecified atom stereocenters. The van der Waals surface area contributed by atoms with E-state index >= 15 is 0 Å². The molecule has 1 aromatic heterocycles. The van der Waals surface area contributed by atoms with Crippen molar-refractivity contribution in [3.63, 3.8) is 0 Å². The van der Waals surface area contributed by atoms with E-state index in [9.17, 15) is 8.42 Å². The molecule has 21 heavy (non-hydrogen) atoms. The van der Waals surface area contributed by atoms with Gasteiger partial charge in [0.15, 0.2) is 0 Å². The number of hydrogen-bond acceptors (Lipinski definition) is 4. The van der Waals surface area contributed by atoms with Gasteiger partial charge in [0.05, 0.1) is 18.6 Å². The third-order valence-electron chi connectivity index (χ3n) is 3.25. The second kappa shape index (κ2) is 5.20. The van der Waals surface area contributed by atoms with Gasteiger partial charge in [0.1, 0.15) is 11.5 Å². The minimum atomic E-state index is -3.48. The normalized spacial score (nSPS) is 18.9. The molecule has 5 nitrogen and oxygen atoms in total. The number of halogens is 1. The summed E-state index contributed by atoms with van der Waals surface area (Å²) >= 11 is 6.00. The Kier molecular flexibility index (Phi) is 3.51. The highest BCUT2D eigenvalue weighted by atomic mass is 35.5. The predicted molar refractivity (Wildman–Crippen MR) is 80.7 cm³/mol. The molecule has 2 heterocycles. The van der Waals surface area contributed by atoms with Crippen LogP contribution in [0.2, 0.25) is 5.02 Å². The maximum atomic E-state index is 12.0. The smallest absolute Gasteiger partial charge is 0.247 e. The molecule has 110 valence electrons. The number of hydrogen-bond donors (Lipinski definition) is 0. The molecule has 1 aliphatic heterocycles. The Labute approximate surface area is 127 Å². The number of furan rings is 1. The highest BCUT2D eigenvalue weighted by molar-refractivity contribution is 7.88. The molecule has 1 atom stereocenters. The largest absolute Gasteiger partial charge is 0.463 e. The van der Waals surface area contributed by atoms with Gasteiger partial charge in [0.2, 0.25) is 10.0 Å². The molecule has 0 saturated heterocycles. The molecule has 0 N–H and O–H groups in total. The van der Waals surface area contributed by atoms with Gasteiger partial charge in [0.25, 0.3) is 0 Å². The lowest BCUT2D eigenvalue weighted by atomic mass is 10.0. The van der Waals surface area contributed by atoms with Crippen molar-refractivity contribution in [2.45, 2.75) is 12.5 Å². The van der Waals surface area contributed by atoms with Crippen LogP contribution in [0.1, 0.15) is 23.8 Å². The van der Waals surface area contributed by atoms with Crippen LogP contribution in [0.5, 0.6) is 0 Å². The van der Waals surface area contributed by atoms with Crippen molar-refractivity contribution >= 4 is 27.3 Å². The molecule has 2 aromatic rings. The predicted octanol–water partition coefficient (Wildman–Crippen LogP) is 3.04. The van der Waals surface area contributed by atoms with E-state index in [-0.39, 0.29) is 0 Å². The minimum Gasteiger partial charge on any atom is -0.463 e. The zero-order valence-electron chi connectivity index (χ0n) is 11.2. The first-order valence-corrected chi connectivity index (χ1v) is 8.54. The number of nitrogens with zero attached hydrogens (tertiary/aromatic N) is 2. The van der Waals surface area contributed by atoms with Gasteiger partial charge >= 0.3 is 0 Å². The van der Waals surface area contributed by atoms with Crippen molar-refractivity contribution in [3.8, 4) is 0 Å². The average Bonchev–Trinajstić information content (AvgIpc) is 3.07. The molecule has 0 fully saturated rings. The summed E-state index contributed by atoms with van der Waals surface area (Å²) in [6.45, 7) is 0. The quantitative estimate of drug-likeness (QED) is 0.871. The van der Waals surface area contributed by atoms with E-state index in [0.717, 1.165) is 16.2 Å². The van der Waals surface area contributed by atoms with Crippen LogP contribution in [0.3, 0.4) is 0 Å². The van der Waals surface area contributed by atoms with Gasteiger partial charge in [-0.05, 0) is 29.8 Å². The van der Waals surface area contributed by atoms with Crippen molar-refractivity contribution < 1.29 is 12.8 Å². The molecule has 0 bridgehead atoms. The van der Waals surface area contributed by atoms with E-state index < -0.39 is 16.1 Å². The molecule has 0 spiro atoms. The van der Waals surface area contributed by atoms with Gasteiger partial charge in [-0.2, -0.15) is 9.52 Å². The minimum absolute atomic E-state index is 0.404. The SMILES string of the molecule is CS(=O)(=O)N1N=C(c2ccco2)C[C@H]1c1cccc(Cl)c1. The van der Waals surface area contributed by atoms with Crippen LogP contribution in [0, 0.1) is 0 Å². The van der Waals surface area contributed by atoms with Gasteiger partial charge in [-0.15, -0.1) is 0 Å². The zero-order chi connectivity index (χ0) is 15.0. The summed E-state index contributed by atoms with van der Waals surface area (Å²) in [5.74, 6) is 0.577. The summed E-state index contributed by atoms with van der Waals surface area (Å²) in [5, 5.41) is 4.78. The maximum Gasteiger partial charge on any atom is 0.247 e. The standard InChI is InChI=1S/C14H13ClN2O3S/c1-21(18,19)17-13(10-4-2-5-11(15)8-10)9-12(16-17)14-6-3-7-20-14/h2-8,13H,9H2,1H3/t13-/m0/s1. The Morgan fingerprint density at radius 3 is 2.76 bits per heavy atom. The third-order valence-corrected chi connectivity index (χ3v) is 4.50. The van der Waals surface area contributed by atoms with Gasteiger partial charge in [-0.3, -0.25) is 0 Å². The summed E-state index contributed by atoms with van der Waals surface area (Å²) < 4.78 is 30.4. The van der Waals surface area contributed by atoms with Gasteiger partial charge < -0.3 is 4.42 Å². The summed E-state index contributed by atoms with van der Waals surface area (Å²) in [7, 11) is -3.48. The second-order valence-electron chi connectivity index (χ2n) is 4.83. The molecular weight excluding hydrogens is 312 g/mol. The van der Waals surface area contributed by atoms with Crippen molar-refractivity contribution in [2.24, 2.45) is 5.10 Å². The highest BCUT2D eigenvalue weighted by Gasteiger charge is 2.35. The van der Waals surface area contributed by atoms with Crippen LogP contribution >= 0.6 is 11.6 Å². The van der Waals surface area contributed by atoms with Crippen molar-refractivity contribution in [1.29, 1.82) is 0 Å². The van der Waals surface area contributed by atoms with Gasteiger partial charge in [0, 0.05) is 11.4 Å². The number of rotatable bonds is 3. The molecule has 0 aliphatic carbocycles. The molecule has 1 aromatic carbocycles. The summed E-state index contributed by atoms with van der Waals surface area (Å²) in [4.78, 5) is 0. The molecule has 3 rings (SSSR count). The van der Waals surface area contributed by atoms with E-state index in [1.165, 1.54) is 6.26 Å². The van der Waals surface area contributed by atoms with Gasteiger partial charge in [-0.1, -0.05) is 23.7 Å². The topological polar surface area (TPSA) is 62.9 Å². The fourth-order valence-electron chi connectivity index (χ4n) is 2.35. The fourth-order valence-corrected chi connectivity index (χ4v) is 3.45. The highest BCUT2D eigenvalue weighted by Crippen LogP contribution is 2.35. The molecular formula is C14H13ClN2O3S. The molecule has 7 heteroatoms. The van der Waals surface area contributed by atoms with E-state index in [1.54, 1.807) is 30.3 Å². The van der Waals surface area contributed by atoms with Gasteiger partial charge in [-0.25, -0.2) is 8.42 Å². The number of hydrazone groups is 1. The first kappa shape index (κ1) is 14.2. The lowest BCUT2D eigenvalue weighted by Gasteiger charge is -2.21. The van der Waals surface area contributed by atoms with Crippen molar-refractivity contribution in [2.75, 3.05) is 6.26 Å². The van der Waals surface area contributed by atoms with Crippen LogP contribution in [0.25, 0.3) is 0 Å². The summed E-state index contributed by atoms with van der Waals surface area (Å²) in [5.41, 5.74) is 1.41. The first-order valence-electron chi connectivity index (χ1n) is 6.31. The van der Waals surface area contributed by atoms with Crippen LogP contribution in [0.15, 0.2) is 52.2 Å². The fraction of sp³-hybridized carbons (Fsp3) is 0.214. The summed E-state index contributed by atoms with van der Waals surface area (Å²) in [6, 6.07) is 10.2. The molecule has 0 saturated carbocycles. The first-order chi connectivity index (χ1) is 9.95.